The second-order valence-electron chi connectivity index (χ2n) is 4.62. The molecule has 0 bridgehead atoms. The van der Waals surface area contributed by atoms with Crippen LogP contribution in [-0.2, 0) is 12.6 Å². The van der Waals surface area contributed by atoms with Gasteiger partial charge >= 0.3 is 6.18 Å². The van der Waals surface area contributed by atoms with Crippen molar-refractivity contribution in [2.45, 2.75) is 12.6 Å². The van der Waals surface area contributed by atoms with Gasteiger partial charge in [0.2, 0.25) is 0 Å². The zero-order valence-corrected chi connectivity index (χ0v) is 10.7. The average molecular weight is 293 g/mol. The zero-order chi connectivity index (χ0) is 15.0. The molecule has 2 aromatic heterocycles. The molecular formula is C14H10F3N3O. The summed E-state index contributed by atoms with van der Waals surface area (Å²) in [6, 6.07) is 8.04. The Hall–Kier alpha value is -2.57. The lowest BCUT2D eigenvalue weighted by molar-refractivity contribution is -0.137. The third kappa shape index (κ3) is 2.67. The van der Waals surface area contributed by atoms with Crippen LogP contribution in [0.3, 0.4) is 0 Å². The van der Waals surface area contributed by atoms with Gasteiger partial charge in [-0.05, 0) is 11.6 Å². The van der Waals surface area contributed by atoms with Crippen LogP contribution in [0.25, 0.3) is 5.65 Å². The molecule has 7 heteroatoms. The maximum Gasteiger partial charge on any atom is 0.416 e. The molecule has 3 rings (SSSR count). The number of halogens is 3. The first-order valence-electron chi connectivity index (χ1n) is 6.16. The van der Waals surface area contributed by atoms with Crippen molar-refractivity contribution >= 4 is 5.65 Å². The molecule has 0 aliphatic heterocycles. The van der Waals surface area contributed by atoms with E-state index in [1.165, 1.54) is 22.8 Å². The summed E-state index contributed by atoms with van der Waals surface area (Å²) >= 11 is 0. The van der Waals surface area contributed by atoms with Gasteiger partial charge in [0, 0.05) is 24.8 Å². The van der Waals surface area contributed by atoms with Crippen molar-refractivity contribution in [1.29, 1.82) is 0 Å². The number of aromatic amines is 1. The van der Waals surface area contributed by atoms with E-state index in [-0.39, 0.29) is 12.0 Å². The topological polar surface area (TPSA) is 50.2 Å². The number of benzene rings is 1. The zero-order valence-electron chi connectivity index (χ0n) is 10.7. The molecule has 3 aromatic rings. The number of H-pyrrole nitrogens is 1. The minimum atomic E-state index is -4.37. The number of aromatic nitrogens is 3. The number of nitrogens with one attached hydrogen (secondary N) is 1. The molecule has 0 fully saturated rings. The van der Waals surface area contributed by atoms with Gasteiger partial charge in [0.25, 0.3) is 5.56 Å². The van der Waals surface area contributed by atoms with E-state index < -0.39 is 11.7 Å². The summed E-state index contributed by atoms with van der Waals surface area (Å²) in [5, 5.41) is 4.09. The Morgan fingerprint density at radius 2 is 2.00 bits per heavy atom. The van der Waals surface area contributed by atoms with Crippen molar-refractivity contribution in [2.75, 3.05) is 0 Å². The highest BCUT2D eigenvalue weighted by Crippen LogP contribution is 2.29. The lowest BCUT2D eigenvalue weighted by Gasteiger charge is -2.07. The van der Waals surface area contributed by atoms with Gasteiger partial charge in [-0.25, -0.2) is 0 Å². The number of hydrogen-bond acceptors (Lipinski definition) is 2. The number of rotatable bonds is 2. The van der Waals surface area contributed by atoms with Crippen LogP contribution in [0.2, 0.25) is 0 Å². The smallest absolute Gasteiger partial charge is 0.346 e. The summed E-state index contributed by atoms with van der Waals surface area (Å²) in [6.07, 6.45) is -2.66. The second kappa shape index (κ2) is 4.76. The third-order valence-corrected chi connectivity index (χ3v) is 3.07. The van der Waals surface area contributed by atoms with Crippen LogP contribution in [0.1, 0.15) is 16.8 Å². The summed E-state index contributed by atoms with van der Waals surface area (Å²) in [7, 11) is 0. The first-order valence-corrected chi connectivity index (χ1v) is 6.16. The van der Waals surface area contributed by atoms with Gasteiger partial charge in [0.1, 0.15) is 5.65 Å². The normalized spacial score (nSPS) is 12.0. The van der Waals surface area contributed by atoms with E-state index in [1.54, 1.807) is 12.1 Å². The fraction of sp³-hybridized carbons (Fsp3) is 0.143. The molecule has 1 N–H and O–H groups in total. The molecule has 21 heavy (non-hydrogen) atoms. The maximum absolute atomic E-state index is 12.7. The molecule has 1 aromatic carbocycles. The van der Waals surface area contributed by atoms with Crippen molar-refractivity contribution < 1.29 is 13.2 Å². The first-order chi connectivity index (χ1) is 9.93. The largest absolute Gasteiger partial charge is 0.416 e. The molecular weight excluding hydrogens is 283 g/mol. The monoisotopic (exact) mass is 293 g/mol. The van der Waals surface area contributed by atoms with E-state index in [2.05, 4.69) is 10.1 Å². The van der Waals surface area contributed by atoms with Crippen molar-refractivity contribution in [3.63, 3.8) is 0 Å². The van der Waals surface area contributed by atoms with Crippen LogP contribution >= 0.6 is 0 Å². The van der Waals surface area contributed by atoms with Crippen LogP contribution in [0, 0.1) is 0 Å². The van der Waals surface area contributed by atoms with E-state index in [9.17, 15) is 18.0 Å². The van der Waals surface area contributed by atoms with Gasteiger partial charge < -0.3 is 4.98 Å². The SMILES string of the molecule is O=c1cc[nH]c2cc(Cc3cccc(C(F)(F)F)c3)nn12. The predicted octanol–water partition coefficient (Wildman–Crippen LogP) is 2.63. The highest BCUT2D eigenvalue weighted by atomic mass is 19.4. The highest BCUT2D eigenvalue weighted by molar-refractivity contribution is 5.40. The summed E-state index contributed by atoms with van der Waals surface area (Å²) in [5.41, 5.74) is 0.526. The van der Waals surface area contributed by atoms with Gasteiger partial charge in [-0.3, -0.25) is 4.79 Å². The lowest BCUT2D eigenvalue weighted by atomic mass is 10.1. The van der Waals surface area contributed by atoms with Gasteiger partial charge in [-0.2, -0.15) is 22.8 Å². The van der Waals surface area contributed by atoms with Crippen molar-refractivity contribution in [3.05, 3.63) is 69.8 Å². The van der Waals surface area contributed by atoms with Crippen molar-refractivity contribution in [1.82, 2.24) is 14.6 Å². The standard InChI is InChI=1S/C14H10F3N3O/c15-14(16,17)10-3-1-2-9(6-10)7-11-8-12-18-5-4-13(21)20(12)19-11/h1-6,8,18H,7H2. The number of fused-ring (bicyclic) bond motifs is 1. The minimum absolute atomic E-state index is 0.221. The molecule has 0 amide bonds. The molecule has 0 radical (unpaired) electrons. The fourth-order valence-electron chi connectivity index (χ4n) is 2.12. The number of nitrogens with zero attached hydrogens (tertiary/aromatic N) is 2. The Labute approximate surface area is 116 Å². The number of hydrogen-bond donors (Lipinski definition) is 1. The quantitative estimate of drug-likeness (QED) is 0.789. The Bertz CT molecular complexity index is 848. The van der Waals surface area contributed by atoms with Crippen LogP contribution in [0.5, 0.6) is 0 Å². The van der Waals surface area contributed by atoms with Gasteiger partial charge in [0.15, 0.2) is 0 Å². The molecule has 0 spiro atoms. The van der Waals surface area contributed by atoms with Crippen LogP contribution in [0.4, 0.5) is 13.2 Å². The van der Waals surface area contributed by atoms with Crippen LogP contribution < -0.4 is 5.56 Å². The summed E-state index contributed by atoms with van der Waals surface area (Å²) in [6.45, 7) is 0. The van der Waals surface area contributed by atoms with Crippen molar-refractivity contribution in [3.8, 4) is 0 Å². The summed E-state index contributed by atoms with van der Waals surface area (Å²) in [4.78, 5) is 14.4. The van der Waals surface area contributed by atoms with Crippen LogP contribution in [-0.4, -0.2) is 14.6 Å². The number of alkyl halides is 3. The molecule has 0 aliphatic rings. The van der Waals surface area contributed by atoms with E-state index >= 15 is 0 Å². The van der Waals surface area contributed by atoms with E-state index in [4.69, 9.17) is 0 Å². The van der Waals surface area contributed by atoms with Gasteiger partial charge in [-0.1, -0.05) is 18.2 Å². The lowest BCUT2D eigenvalue weighted by Crippen LogP contribution is -2.12. The maximum atomic E-state index is 12.7. The Morgan fingerprint density at radius 1 is 1.19 bits per heavy atom. The van der Waals surface area contributed by atoms with E-state index in [0.717, 1.165) is 12.1 Å². The van der Waals surface area contributed by atoms with E-state index in [1.807, 2.05) is 0 Å². The molecule has 0 aliphatic carbocycles. The van der Waals surface area contributed by atoms with E-state index in [0.29, 0.717) is 16.9 Å². The molecule has 2 heterocycles. The fourth-order valence-corrected chi connectivity index (χ4v) is 2.12. The molecule has 4 nitrogen and oxygen atoms in total. The predicted molar refractivity (Wildman–Crippen MR) is 70.1 cm³/mol. The molecule has 0 atom stereocenters. The summed E-state index contributed by atoms with van der Waals surface area (Å²) < 4.78 is 39.2. The second-order valence-corrected chi connectivity index (χ2v) is 4.62. The Balaban J connectivity index is 1.95. The molecule has 0 saturated heterocycles. The Kier molecular flexibility index (Phi) is 3.04. The molecule has 0 saturated carbocycles. The average Bonchev–Trinajstić information content (AvgIpc) is 2.82. The highest BCUT2D eigenvalue weighted by Gasteiger charge is 2.30. The molecule has 0 unspecified atom stereocenters. The van der Waals surface area contributed by atoms with Crippen LogP contribution in [0.15, 0.2) is 47.4 Å². The third-order valence-electron chi connectivity index (χ3n) is 3.07. The summed E-state index contributed by atoms with van der Waals surface area (Å²) in [5.74, 6) is 0. The van der Waals surface area contributed by atoms with Gasteiger partial charge in [0.05, 0.1) is 11.3 Å². The van der Waals surface area contributed by atoms with Crippen molar-refractivity contribution in [2.24, 2.45) is 0 Å². The molecule has 108 valence electrons. The minimum Gasteiger partial charge on any atom is -0.346 e. The first kappa shape index (κ1) is 13.4. The Morgan fingerprint density at radius 3 is 2.71 bits per heavy atom. The van der Waals surface area contributed by atoms with Gasteiger partial charge in [-0.15, -0.1) is 0 Å².